The zero-order valence-corrected chi connectivity index (χ0v) is 13.3. The number of aliphatic hydroxyl groups excluding tert-OH is 1. The van der Waals surface area contributed by atoms with E-state index < -0.39 is 0 Å². The highest BCUT2D eigenvalue weighted by atomic mass is 32.1. The molecule has 1 aromatic carbocycles. The molecule has 6 heteroatoms. The van der Waals surface area contributed by atoms with Crippen LogP contribution in [0.3, 0.4) is 0 Å². The molecule has 2 N–H and O–H groups in total. The predicted molar refractivity (Wildman–Crippen MR) is 91.2 cm³/mol. The van der Waals surface area contributed by atoms with E-state index in [2.05, 4.69) is 15.3 Å². The molecule has 3 rings (SSSR count). The third kappa shape index (κ3) is 4.28. The summed E-state index contributed by atoms with van der Waals surface area (Å²) in [4.78, 5) is 8.73. The van der Waals surface area contributed by atoms with Crippen LogP contribution in [-0.4, -0.2) is 21.7 Å². The van der Waals surface area contributed by atoms with Crippen molar-refractivity contribution in [2.45, 2.75) is 13.0 Å². The van der Waals surface area contributed by atoms with Gasteiger partial charge in [-0.15, -0.1) is 11.3 Å². The van der Waals surface area contributed by atoms with Gasteiger partial charge in [0.2, 0.25) is 0 Å². The van der Waals surface area contributed by atoms with Gasteiger partial charge in [-0.05, 0) is 17.7 Å². The largest absolute Gasteiger partial charge is 0.485 e. The van der Waals surface area contributed by atoms with Gasteiger partial charge in [-0.3, -0.25) is 0 Å². The Morgan fingerprint density at radius 1 is 1.13 bits per heavy atom. The van der Waals surface area contributed by atoms with E-state index in [1.807, 2.05) is 47.8 Å². The number of aromatic nitrogens is 2. The van der Waals surface area contributed by atoms with Gasteiger partial charge < -0.3 is 15.2 Å². The number of pyridine rings is 1. The molecule has 2 aromatic heterocycles. The van der Waals surface area contributed by atoms with E-state index in [0.717, 1.165) is 16.4 Å². The van der Waals surface area contributed by atoms with E-state index in [4.69, 9.17) is 9.84 Å². The summed E-state index contributed by atoms with van der Waals surface area (Å²) in [7, 11) is 0. The molecule has 0 unspecified atom stereocenters. The van der Waals surface area contributed by atoms with Crippen LogP contribution in [-0.2, 0) is 13.0 Å². The molecule has 0 fully saturated rings. The number of rotatable bonds is 7. The molecule has 0 saturated heterocycles. The zero-order chi connectivity index (χ0) is 15.9. The number of nitrogens with zero attached hydrogens (tertiary/aromatic N) is 2. The van der Waals surface area contributed by atoms with Crippen molar-refractivity contribution in [3.63, 3.8) is 0 Å². The number of hydrogen-bond acceptors (Lipinski definition) is 6. The highest BCUT2D eigenvalue weighted by Gasteiger charge is 2.08. The zero-order valence-electron chi connectivity index (χ0n) is 12.5. The van der Waals surface area contributed by atoms with Crippen molar-refractivity contribution in [3.05, 3.63) is 65.3 Å². The third-order valence-electron chi connectivity index (χ3n) is 3.15. The van der Waals surface area contributed by atoms with Crippen molar-refractivity contribution in [1.29, 1.82) is 0 Å². The van der Waals surface area contributed by atoms with Gasteiger partial charge in [0.15, 0.2) is 16.7 Å². The molecule has 0 radical (unpaired) electrons. The minimum absolute atomic E-state index is 0.0954. The second-order valence-electron chi connectivity index (χ2n) is 4.87. The first-order valence-electron chi connectivity index (χ1n) is 7.29. The van der Waals surface area contributed by atoms with Crippen LogP contribution >= 0.6 is 11.3 Å². The molecule has 0 atom stereocenters. The Bertz CT molecular complexity index is 746. The molecule has 0 aliphatic carbocycles. The SMILES string of the molecule is OCCc1csc(Nc2ncccc2OCc2ccccc2)n1. The van der Waals surface area contributed by atoms with Crippen molar-refractivity contribution in [2.24, 2.45) is 0 Å². The Morgan fingerprint density at radius 3 is 2.83 bits per heavy atom. The van der Waals surface area contributed by atoms with E-state index in [1.54, 1.807) is 6.20 Å². The smallest absolute Gasteiger partial charge is 0.188 e. The fourth-order valence-electron chi connectivity index (χ4n) is 2.03. The number of hydrogen-bond donors (Lipinski definition) is 2. The van der Waals surface area contributed by atoms with Crippen LogP contribution < -0.4 is 10.1 Å². The van der Waals surface area contributed by atoms with Gasteiger partial charge in [-0.1, -0.05) is 30.3 Å². The standard InChI is InChI=1S/C17H17N3O2S/c21-10-8-14-12-23-17(19-14)20-16-15(7-4-9-18-16)22-11-13-5-2-1-3-6-13/h1-7,9,12,21H,8,10-11H2,(H,18,19,20). The van der Waals surface area contributed by atoms with Crippen LogP contribution in [0.15, 0.2) is 54.0 Å². The first kappa shape index (κ1) is 15.5. The summed E-state index contributed by atoms with van der Waals surface area (Å²) < 4.78 is 5.86. The Morgan fingerprint density at radius 2 is 2.00 bits per heavy atom. The minimum atomic E-state index is 0.0954. The maximum Gasteiger partial charge on any atom is 0.188 e. The Labute approximate surface area is 138 Å². The maximum atomic E-state index is 8.95. The highest BCUT2D eigenvalue weighted by Crippen LogP contribution is 2.27. The van der Waals surface area contributed by atoms with Crippen molar-refractivity contribution in [2.75, 3.05) is 11.9 Å². The summed E-state index contributed by atoms with van der Waals surface area (Å²) in [6.45, 7) is 0.576. The molecular weight excluding hydrogens is 310 g/mol. The number of ether oxygens (including phenoxy) is 1. The molecule has 3 aromatic rings. The second kappa shape index (κ2) is 7.71. The Kier molecular flexibility index (Phi) is 5.18. The second-order valence-corrected chi connectivity index (χ2v) is 5.73. The Balaban J connectivity index is 1.69. The summed E-state index contributed by atoms with van der Waals surface area (Å²) in [6.07, 6.45) is 2.26. The van der Waals surface area contributed by atoms with Gasteiger partial charge in [0, 0.05) is 24.6 Å². The van der Waals surface area contributed by atoms with Crippen LogP contribution in [0.25, 0.3) is 0 Å². The lowest BCUT2D eigenvalue weighted by Gasteiger charge is -2.10. The maximum absolute atomic E-state index is 8.95. The highest BCUT2D eigenvalue weighted by molar-refractivity contribution is 7.13. The molecule has 2 heterocycles. The number of thiazole rings is 1. The minimum Gasteiger partial charge on any atom is -0.485 e. The monoisotopic (exact) mass is 327 g/mol. The lowest BCUT2D eigenvalue weighted by molar-refractivity contribution is 0.298. The molecule has 5 nitrogen and oxygen atoms in total. The summed E-state index contributed by atoms with van der Waals surface area (Å²) in [5, 5.41) is 14.8. The van der Waals surface area contributed by atoms with Crippen LogP contribution in [0.5, 0.6) is 5.75 Å². The fraction of sp³-hybridized carbons (Fsp3) is 0.176. The van der Waals surface area contributed by atoms with E-state index in [0.29, 0.717) is 24.6 Å². The van der Waals surface area contributed by atoms with Gasteiger partial charge in [0.05, 0.1) is 5.69 Å². The summed E-state index contributed by atoms with van der Waals surface area (Å²) >= 11 is 1.48. The van der Waals surface area contributed by atoms with E-state index in [1.165, 1.54) is 11.3 Å². The normalized spacial score (nSPS) is 10.5. The van der Waals surface area contributed by atoms with Gasteiger partial charge in [-0.25, -0.2) is 9.97 Å². The molecule has 0 bridgehead atoms. The predicted octanol–water partition coefficient (Wildman–Crippen LogP) is 3.40. The topological polar surface area (TPSA) is 67.3 Å². The summed E-state index contributed by atoms with van der Waals surface area (Å²) in [5.41, 5.74) is 1.96. The number of nitrogens with one attached hydrogen (secondary N) is 1. The molecule has 0 aliphatic heterocycles. The molecule has 0 spiro atoms. The lowest BCUT2D eigenvalue weighted by atomic mass is 10.2. The first-order chi connectivity index (χ1) is 11.3. The number of aliphatic hydroxyl groups is 1. The van der Waals surface area contributed by atoms with E-state index in [-0.39, 0.29) is 6.61 Å². The molecule has 23 heavy (non-hydrogen) atoms. The fourth-order valence-corrected chi connectivity index (χ4v) is 2.78. The van der Waals surface area contributed by atoms with Crippen LogP contribution in [0.4, 0.5) is 10.9 Å². The van der Waals surface area contributed by atoms with Gasteiger partial charge in [0.25, 0.3) is 0 Å². The first-order valence-corrected chi connectivity index (χ1v) is 8.17. The lowest BCUT2D eigenvalue weighted by Crippen LogP contribution is -2.01. The van der Waals surface area contributed by atoms with Crippen LogP contribution in [0, 0.1) is 0 Å². The van der Waals surface area contributed by atoms with Gasteiger partial charge in [-0.2, -0.15) is 0 Å². The van der Waals surface area contributed by atoms with Crippen molar-refractivity contribution < 1.29 is 9.84 Å². The molecule has 0 amide bonds. The summed E-state index contributed by atoms with van der Waals surface area (Å²) in [6, 6.07) is 13.7. The average Bonchev–Trinajstić information content (AvgIpc) is 3.03. The summed E-state index contributed by atoms with van der Waals surface area (Å²) in [5.74, 6) is 1.31. The quantitative estimate of drug-likeness (QED) is 0.696. The van der Waals surface area contributed by atoms with Crippen molar-refractivity contribution >= 4 is 22.3 Å². The van der Waals surface area contributed by atoms with Crippen molar-refractivity contribution in [1.82, 2.24) is 9.97 Å². The van der Waals surface area contributed by atoms with E-state index in [9.17, 15) is 0 Å². The molecule has 0 aliphatic rings. The van der Waals surface area contributed by atoms with Crippen LogP contribution in [0.1, 0.15) is 11.3 Å². The molecular formula is C17H17N3O2S. The average molecular weight is 327 g/mol. The Hall–Kier alpha value is -2.44. The molecule has 0 saturated carbocycles. The number of anilines is 2. The molecule has 118 valence electrons. The van der Waals surface area contributed by atoms with E-state index >= 15 is 0 Å². The third-order valence-corrected chi connectivity index (χ3v) is 3.96. The van der Waals surface area contributed by atoms with Gasteiger partial charge in [0.1, 0.15) is 6.61 Å². The number of benzene rings is 1. The van der Waals surface area contributed by atoms with Crippen molar-refractivity contribution in [3.8, 4) is 5.75 Å². The van der Waals surface area contributed by atoms with Gasteiger partial charge >= 0.3 is 0 Å². The van der Waals surface area contributed by atoms with Crippen LogP contribution in [0.2, 0.25) is 0 Å².